The van der Waals surface area contributed by atoms with Gasteiger partial charge in [0, 0.05) is 12.8 Å². The Labute approximate surface area is 406 Å². The number of carbonyl (C=O) groups excluding carboxylic acids is 2. The summed E-state index contributed by atoms with van der Waals surface area (Å²) in [6, 6.07) is 0. The van der Waals surface area contributed by atoms with Gasteiger partial charge in [0.15, 0.2) is 6.10 Å². The van der Waals surface area contributed by atoms with Crippen LogP contribution in [0.3, 0.4) is 0 Å². The van der Waals surface area contributed by atoms with E-state index in [1.54, 1.807) is 0 Å². The highest BCUT2D eigenvalue weighted by atomic mass is 31.2. The molecule has 1 aliphatic carbocycles. The number of hydrogen-bond acceptors (Lipinski definition) is 12. The Morgan fingerprint density at radius 3 is 1.25 bits per heavy atom. The molecule has 0 bridgehead atoms. The predicted octanol–water partition coefficient (Wildman–Crippen LogP) is 11.7. The van der Waals surface area contributed by atoms with Gasteiger partial charge in [-0.1, -0.05) is 185 Å². The van der Waals surface area contributed by atoms with E-state index < -0.39 is 75.7 Å². The van der Waals surface area contributed by atoms with Gasteiger partial charge < -0.3 is 39.9 Å². The minimum absolute atomic E-state index is 0.0918. The molecular formula is C53H97O13P. The standard InChI is InChI=1S/C53H97O13P/c1-3-5-7-9-11-13-15-17-19-21-23-25-27-29-31-33-35-37-39-41-46(54)63-43-45(44-64-67(61,62)66-53-51(59)49(57)48(56)50(58)52(53)60)65-47(55)42-40-38-36-34-32-30-28-26-24-22-20-18-16-14-12-10-8-6-4-2/h12,14,18,20-21,23,45,48-53,56-60H,3-11,13,15-17,19,22,24-44H2,1-2H3,(H,61,62)/b14-12-,20-18-,23-21-/t45-,48?,49-,50?,51?,52?,53?/m1/s1. The number of ether oxygens (including phenoxy) is 2. The Kier molecular flexibility index (Phi) is 40.4. The minimum atomic E-state index is -5.12. The first-order valence-corrected chi connectivity index (χ1v) is 28.3. The second-order valence-corrected chi connectivity index (χ2v) is 20.1. The number of hydrogen-bond donors (Lipinski definition) is 6. The lowest BCUT2D eigenvalue weighted by Gasteiger charge is -2.41. The highest BCUT2D eigenvalue weighted by molar-refractivity contribution is 7.47. The molecule has 14 heteroatoms. The van der Waals surface area contributed by atoms with E-state index in [1.807, 2.05) is 0 Å². The van der Waals surface area contributed by atoms with Gasteiger partial charge in [-0.25, -0.2) is 4.57 Å². The van der Waals surface area contributed by atoms with Crippen LogP contribution in [0.4, 0.5) is 0 Å². The largest absolute Gasteiger partial charge is 0.472 e. The summed E-state index contributed by atoms with van der Waals surface area (Å²) in [5.74, 6) is -1.10. The average molecular weight is 973 g/mol. The van der Waals surface area contributed by atoms with Gasteiger partial charge in [-0.2, -0.15) is 0 Å². The molecular weight excluding hydrogens is 876 g/mol. The van der Waals surface area contributed by atoms with Crippen LogP contribution >= 0.6 is 7.82 Å². The molecule has 1 saturated carbocycles. The van der Waals surface area contributed by atoms with Crippen LogP contribution in [-0.2, 0) is 32.7 Å². The molecule has 0 spiro atoms. The van der Waals surface area contributed by atoms with Crippen LogP contribution in [0.5, 0.6) is 0 Å². The van der Waals surface area contributed by atoms with Gasteiger partial charge in [-0.05, 0) is 70.6 Å². The summed E-state index contributed by atoms with van der Waals surface area (Å²) < 4.78 is 33.7. The zero-order valence-electron chi connectivity index (χ0n) is 41.9. The van der Waals surface area contributed by atoms with Gasteiger partial charge in [0.1, 0.15) is 43.2 Å². The molecule has 0 heterocycles. The fraction of sp³-hybridized carbons (Fsp3) is 0.849. The van der Waals surface area contributed by atoms with Crippen molar-refractivity contribution in [3.63, 3.8) is 0 Å². The van der Waals surface area contributed by atoms with Gasteiger partial charge in [-0.15, -0.1) is 0 Å². The smallest absolute Gasteiger partial charge is 0.462 e. The normalized spacial score (nSPS) is 21.4. The second kappa shape index (κ2) is 42.9. The van der Waals surface area contributed by atoms with E-state index in [1.165, 1.54) is 122 Å². The first kappa shape index (κ1) is 63.1. The molecule has 0 aromatic heterocycles. The topological polar surface area (TPSA) is 210 Å². The zero-order chi connectivity index (χ0) is 49.2. The second-order valence-electron chi connectivity index (χ2n) is 18.7. The third-order valence-corrected chi connectivity index (χ3v) is 13.4. The Bertz CT molecular complexity index is 1310. The third-order valence-electron chi connectivity index (χ3n) is 12.5. The summed E-state index contributed by atoms with van der Waals surface area (Å²) in [6.07, 6.45) is 37.5. The van der Waals surface area contributed by atoms with Crippen LogP contribution < -0.4 is 0 Å². The lowest BCUT2D eigenvalue weighted by atomic mass is 9.85. The van der Waals surface area contributed by atoms with Crippen LogP contribution in [0, 0.1) is 0 Å². The fourth-order valence-corrected chi connectivity index (χ4v) is 9.11. The number of rotatable bonds is 45. The van der Waals surface area contributed by atoms with E-state index >= 15 is 0 Å². The van der Waals surface area contributed by atoms with Crippen LogP contribution in [0.2, 0.25) is 0 Å². The number of phosphoric ester groups is 1. The first-order chi connectivity index (χ1) is 32.4. The van der Waals surface area contributed by atoms with Crippen LogP contribution in [0.25, 0.3) is 0 Å². The summed E-state index contributed by atoms with van der Waals surface area (Å²) in [5, 5.41) is 50.3. The van der Waals surface area contributed by atoms with Gasteiger partial charge in [0.05, 0.1) is 6.61 Å². The number of aliphatic hydroxyl groups excluding tert-OH is 5. The van der Waals surface area contributed by atoms with Crippen molar-refractivity contribution in [1.29, 1.82) is 0 Å². The van der Waals surface area contributed by atoms with Crippen molar-refractivity contribution >= 4 is 19.8 Å². The number of allylic oxidation sites excluding steroid dienone is 6. The molecule has 0 aliphatic heterocycles. The summed E-state index contributed by atoms with van der Waals surface area (Å²) in [5.41, 5.74) is 0. The molecule has 0 aromatic carbocycles. The van der Waals surface area contributed by atoms with Crippen molar-refractivity contribution < 1.29 is 63.1 Å². The molecule has 0 radical (unpaired) electrons. The number of esters is 2. The summed E-state index contributed by atoms with van der Waals surface area (Å²) in [4.78, 5) is 35.9. The van der Waals surface area contributed by atoms with Crippen molar-refractivity contribution in [2.75, 3.05) is 13.2 Å². The number of aliphatic hydroxyl groups is 5. The van der Waals surface area contributed by atoms with Crippen molar-refractivity contribution in [3.8, 4) is 0 Å². The highest BCUT2D eigenvalue weighted by Gasteiger charge is 2.51. The third kappa shape index (κ3) is 34.9. The molecule has 6 unspecified atom stereocenters. The Morgan fingerprint density at radius 1 is 0.463 bits per heavy atom. The minimum Gasteiger partial charge on any atom is -0.462 e. The van der Waals surface area contributed by atoms with E-state index in [9.17, 15) is 44.6 Å². The summed E-state index contributed by atoms with van der Waals surface area (Å²) >= 11 is 0. The average Bonchev–Trinajstić information content (AvgIpc) is 3.31. The maximum absolute atomic E-state index is 12.9. The fourth-order valence-electron chi connectivity index (χ4n) is 8.14. The van der Waals surface area contributed by atoms with Crippen molar-refractivity contribution in [3.05, 3.63) is 36.5 Å². The molecule has 1 aliphatic rings. The van der Waals surface area contributed by atoms with Crippen LogP contribution in [0.15, 0.2) is 36.5 Å². The Hall–Kier alpha value is -1.93. The molecule has 1 fully saturated rings. The molecule has 13 nitrogen and oxygen atoms in total. The van der Waals surface area contributed by atoms with Gasteiger partial charge in [-0.3, -0.25) is 18.6 Å². The van der Waals surface area contributed by atoms with Crippen molar-refractivity contribution in [2.24, 2.45) is 0 Å². The van der Waals surface area contributed by atoms with Crippen molar-refractivity contribution in [1.82, 2.24) is 0 Å². The van der Waals surface area contributed by atoms with Crippen LogP contribution in [-0.4, -0.2) is 98.3 Å². The molecule has 0 amide bonds. The lowest BCUT2D eigenvalue weighted by Crippen LogP contribution is -2.64. The van der Waals surface area contributed by atoms with Crippen LogP contribution in [0.1, 0.15) is 232 Å². The van der Waals surface area contributed by atoms with Gasteiger partial charge >= 0.3 is 19.8 Å². The molecule has 0 aromatic rings. The van der Waals surface area contributed by atoms with E-state index in [4.69, 9.17) is 18.5 Å². The molecule has 1 rings (SSSR count). The lowest BCUT2D eigenvalue weighted by molar-refractivity contribution is -0.220. The number of phosphoric acid groups is 1. The maximum Gasteiger partial charge on any atom is 0.472 e. The summed E-state index contributed by atoms with van der Waals surface area (Å²) in [6.45, 7) is 3.30. The highest BCUT2D eigenvalue weighted by Crippen LogP contribution is 2.47. The van der Waals surface area contributed by atoms with Gasteiger partial charge in [0.25, 0.3) is 0 Å². The predicted molar refractivity (Wildman–Crippen MR) is 267 cm³/mol. The molecule has 6 N–H and O–H groups in total. The van der Waals surface area contributed by atoms with E-state index in [-0.39, 0.29) is 12.8 Å². The molecule has 392 valence electrons. The van der Waals surface area contributed by atoms with E-state index in [0.717, 1.165) is 70.6 Å². The van der Waals surface area contributed by atoms with E-state index in [2.05, 4.69) is 50.3 Å². The Morgan fingerprint density at radius 2 is 0.806 bits per heavy atom. The SMILES string of the molecule is CCCCC/C=C\C/C=C\CCCCCCCCCCCC(=O)O[C@H](COC(=O)CCCCCCCCC/C=C\CCCCCCCCCC)COP(=O)(O)OC1C(O)C(O)C(O)[C@@H](O)C1O. The monoisotopic (exact) mass is 973 g/mol. The number of unbranched alkanes of at least 4 members (excludes halogenated alkanes) is 27. The maximum atomic E-state index is 12.9. The Balaban J connectivity index is 2.38. The quantitative estimate of drug-likeness (QED) is 0.0145. The summed E-state index contributed by atoms with van der Waals surface area (Å²) in [7, 11) is -5.12. The molecule has 0 saturated heterocycles. The number of carbonyl (C=O) groups is 2. The first-order valence-electron chi connectivity index (χ1n) is 26.8. The molecule has 67 heavy (non-hydrogen) atoms. The van der Waals surface area contributed by atoms with Crippen molar-refractivity contribution in [2.45, 2.75) is 275 Å². The van der Waals surface area contributed by atoms with Gasteiger partial charge in [0.2, 0.25) is 0 Å². The molecule has 8 atom stereocenters. The van der Waals surface area contributed by atoms with E-state index in [0.29, 0.717) is 12.8 Å². The zero-order valence-corrected chi connectivity index (χ0v) is 42.8.